The normalized spacial score (nSPS) is 12.3. The highest BCUT2D eigenvalue weighted by molar-refractivity contribution is 6.22. The summed E-state index contributed by atoms with van der Waals surface area (Å²) in [7, 11) is 0. The molecule has 3 nitrogen and oxygen atoms in total. The maximum absolute atomic E-state index is 9.90. The number of carbonyl (C=O) groups is 1. The Labute approximate surface area is 54.4 Å². The molecule has 0 aromatic heterocycles. The fourth-order valence-corrected chi connectivity index (χ4v) is 0.249. The quantitative estimate of drug-likeness (QED) is 0.535. The predicted octanol–water partition coefficient (Wildman–Crippen LogP) is 0.940. The van der Waals surface area contributed by atoms with Crippen LogP contribution in [0.4, 0.5) is 0 Å². The molecule has 0 atom stereocenters. The largest absolute Gasteiger partial charge is 0.477 e. The summed E-state index contributed by atoms with van der Waals surface area (Å²) in [5.74, 6) is -0.995. The Hall–Kier alpha value is -0.860. The first-order chi connectivity index (χ1) is 3.92. The molecule has 9 heavy (non-hydrogen) atoms. The van der Waals surface area contributed by atoms with Gasteiger partial charge in [-0.2, -0.15) is 0 Å². The van der Waals surface area contributed by atoms with Gasteiger partial charge < -0.3 is 5.11 Å². The van der Waals surface area contributed by atoms with Gasteiger partial charge in [0, 0.05) is 0 Å². The van der Waals surface area contributed by atoms with Crippen LogP contribution < -0.4 is 0 Å². The van der Waals surface area contributed by atoms with Crippen molar-refractivity contribution in [3.05, 3.63) is 0 Å². The summed E-state index contributed by atoms with van der Waals surface area (Å²) in [6, 6.07) is 0. The molecule has 0 spiro atoms. The van der Waals surface area contributed by atoms with Crippen LogP contribution in [0, 0.1) is 0 Å². The van der Waals surface area contributed by atoms with Gasteiger partial charge in [0.15, 0.2) is 0 Å². The summed E-state index contributed by atoms with van der Waals surface area (Å²) in [5, 5.41) is 8.13. The van der Waals surface area contributed by atoms with E-state index in [9.17, 15) is 4.79 Å². The molecule has 0 saturated carbocycles. The Kier molecular flexibility index (Phi) is 2.37. The zero-order valence-electron chi connectivity index (χ0n) is 5.88. The summed E-state index contributed by atoms with van der Waals surface area (Å²) in [5.41, 5.74) is -0.279. The lowest BCUT2D eigenvalue weighted by atomic mass is 10.1. The van der Waals surface area contributed by atoms with Crippen molar-refractivity contribution in [2.75, 3.05) is 0 Å². The topological polar surface area (TPSA) is 49.7 Å². The van der Waals surface area contributed by atoms with E-state index in [1.165, 1.54) is 0 Å². The third-order valence-corrected chi connectivity index (χ3v) is 0.562. The first-order valence-electron chi connectivity index (χ1n) is 2.70. The van der Waals surface area contributed by atoms with Crippen molar-refractivity contribution < 1.29 is 9.90 Å². The molecule has 0 aromatic carbocycles. The van der Waals surface area contributed by atoms with Crippen LogP contribution in [0.25, 0.3) is 0 Å². The number of aliphatic carboxylic acids is 1. The van der Waals surface area contributed by atoms with Crippen molar-refractivity contribution in [3.8, 4) is 0 Å². The Morgan fingerprint density at radius 3 is 2.11 bits per heavy atom. The van der Waals surface area contributed by atoms with E-state index in [4.69, 9.17) is 5.11 Å². The van der Waals surface area contributed by atoms with Gasteiger partial charge in [0.2, 0.25) is 0 Å². The number of hydrogen-bond donors (Lipinski definition) is 1. The lowest BCUT2D eigenvalue weighted by Gasteiger charge is -2.09. The number of rotatable bonds is 1. The monoisotopic (exact) mass is 129 g/mol. The maximum atomic E-state index is 9.90. The molecule has 52 valence electrons. The molecule has 0 bridgehead atoms. The van der Waals surface area contributed by atoms with Gasteiger partial charge in [0.1, 0.15) is 6.21 Å². The Balaban J connectivity index is 3.86. The van der Waals surface area contributed by atoms with Gasteiger partial charge >= 0.3 is 5.97 Å². The van der Waals surface area contributed by atoms with Crippen LogP contribution in [0.15, 0.2) is 4.99 Å². The second kappa shape index (κ2) is 2.62. The SMILES string of the molecule is CC(C)(C)N=CC(=O)O. The molecule has 0 aliphatic carbocycles. The molecule has 1 N–H and O–H groups in total. The molecular formula is C6H11NO2. The first kappa shape index (κ1) is 8.14. The summed E-state index contributed by atoms with van der Waals surface area (Å²) in [4.78, 5) is 13.6. The minimum atomic E-state index is -0.995. The van der Waals surface area contributed by atoms with Gasteiger partial charge in [-0.1, -0.05) is 0 Å². The van der Waals surface area contributed by atoms with E-state index in [1.54, 1.807) is 0 Å². The van der Waals surface area contributed by atoms with Gasteiger partial charge in [-0.15, -0.1) is 0 Å². The van der Waals surface area contributed by atoms with Crippen molar-refractivity contribution in [1.82, 2.24) is 0 Å². The van der Waals surface area contributed by atoms with Crippen LogP contribution in [-0.2, 0) is 4.79 Å². The standard InChI is InChI=1S/C6H11NO2/c1-6(2,3)7-4-5(8)9/h4H,1-3H3,(H,8,9). The van der Waals surface area contributed by atoms with Crippen LogP contribution in [0.5, 0.6) is 0 Å². The zero-order valence-corrected chi connectivity index (χ0v) is 5.88. The summed E-state index contributed by atoms with van der Waals surface area (Å²) in [6.45, 7) is 5.52. The van der Waals surface area contributed by atoms with E-state index >= 15 is 0 Å². The second-order valence-corrected chi connectivity index (χ2v) is 2.77. The van der Waals surface area contributed by atoms with Crippen molar-refractivity contribution in [1.29, 1.82) is 0 Å². The van der Waals surface area contributed by atoms with E-state index < -0.39 is 5.97 Å². The van der Waals surface area contributed by atoms with Crippen LogP contribution >= 0.6 is 0 Å². The van der Waals surface area contributed by atoms with Crippen LogP contribution in [-0.4, -0.2) is 22.8 Å². The average molecular weight is 129 g/mol. The van der Waals surface area contributed by atoms with Gasteiger partial charge in [-0.25, -0.2) is 4.79 Å². The fourth-order valence-electron chi connectivity index (χ4n) is 0.249. The highest BCUT2D eigenvalue weighted by Gasteiger charge is 2.05. The summed E-state index contributed by atoms with van der Waals surface area (Å²) >= 11 is 0. The van der Waals surface area contributed by atoms with Crippen LogP contribution in [0.2, 0.25) is 0 Å². The van der Waals surface area contributed by atoms with Crippen molar-refractivity contribution in [2.45, 2.75) is 26.3 Å². The fraction of sp³-hybridized carbons (Fsp3) is 0.667. The first-order valence-corrected chi connectivity index (χ1v) is 2.70. The molecule has 0 aromatic rings. The predicted molar refractivity (Wildman–Crippen MR) is 35.9 cm³/mol. The third kappa shape index (κ3) is 7.14. The Bertz CT molecular complexity index is 132. The zero-order chi connectivity index (χ0) is 7.49. The third-order valence-electron chi connectivity index (χ3n) is 0.562. The molecule has 0 radical (unpaired) electrons. The molecule has 0 saturated heterocycles. The van der Waals surface area contributed by atoms with Crippen molar-refractivity contribution >= 4 is 12.2 Å². The molecule has 3 heteroatoms. The molecule has 0 aliphatic rings. The van der Waals surface area contributed by atoms with Gasteiger partial charge in [0.25, 0.3) is 0 Å². The number of carboxylic acids is 1. The highest BCUT2D eigenvalue weighted by atomic mass is 16.4. The highest BCUT2D eigenvalue weighted by Crippen LogP contribution is 2.03. The summed E-state index contributed by atoms with van der Waals surface area (Å²) < 4.78 is 0. The second-order valence-electron chi connectivity index (χ2n) is 2.77. The minimum Gasteiger partial charge on any atom is -0.477 e. The average Bonchev–Trinajstić information content (AvgIpc) is 1.59. The molecule has 0 heterocycles. The number of nitrogens with zero attached hydrogens (tertiary/aromatic N) is 1. The molecule has 0 aliphatic heterocycles. The van der Waals surface area contributed by atoms with Gasteiger partial charge in [-0.3, -0.25) is 4.99 Å². The minimum absolute atomic E-state index is 0.279. The lowest BCUT2D eigenvalue weighted by molar-refractivity contribution is -0.128. The number of carboxylic acid groups (broad SMARTS) is 1. The number of aliphatic imine (C=N–C) groups is 1. The molecule has 0 rings (SSSR count). The maximum Gasteiger partial charge on any atom is 0.346 e. The van der Waals surface area contributed by atoms with E-state index in [-0.39, 0.29) is 5.54 Å². The molecule has 0 amide bonds. The van der Waals surface area contributed by atoms with E-state index in [0.717, 1.165) is 6.21 Å². The van der Waals surface area contributed by atoms with Gasteiger partial charge in [0.05, 0.1) is 5.54 Å². The smallest absolute Gasteiger partial charge is 0.346 e. The lowest BCUT2D eigenvalue weighted by Crippen LogP contribution is -2.11. The molecular weight excluding hydrogens is 118 g/mol. The number of hydrogen-bond acceptors (Lipinski definition) is 2. The van der Waals surface area contributed by atoms with Gasteiger partial charge in [-0.05, 0) is 20.8 Å². The molecule has 0 unspecified atom stereocenters. The van der Waals surface area contributed by atoms with Crippen LogP contribution in [0.1, 0.15) is 20.8 Å². The van der Waals surface area contributed by atoms with Crippen LogP contribution in [0.3, 0.4) is 0 Å². The Morgan fingerprint density at radius 2 is 2.00 bits per heavy atom. The van der Waals surface area contributed by atoms with Crippen molar-refractivity contribution in [2.24, 2.45) is 4.99 Å². The van der Waals surface area contributed by atoms with E-state index in [1.807, 2.05) is 20.8 Å². The molecule has 0 fully saturated rings. The Morgan fingerprint density at radius 1 is 1.56 bits per heavy atom. The van der Waals surface area contributed by atoms with E-state index in [2.05, 4.69) is 4.99 Å². The van der Waals surface area contributed by atoms with Crippen molar-refractivity contribution in [3.63, 3.8) is 0 Å². The summed E-state index contributed by atoms with van der Waals surface area (Å²) in [6.07, 6.45) is 0.917. The van der Waals surface area contributed by atoms with E-state index in [0.29, 0.717) is 0 Å².